The maximum atomic E-state index is 13.3. The Hall–Kier alpha value is -3.50. The molecule has 0 unspecified atom stereocenters. The van der Waals surface area contributed by atoms with Crippen molar-refractivity contribution in [1.82, 2.24) is 14.9 Å². The van der Waals surface area contributed by atoms with Gasteiger partial charge in [-0.3, -0.25) is 14.3 Å². The number of carbonyl (C=O) groups excluding carboxylic acids is 1. The van der Waals surface area contributed by atoms with Crippen molar-refractivity contribution in [2.75, 3.05) is 12.9 Å². The fourth-order valence-corrected chi connectivity index (χ4v) is 4.24. The zero-order chi connectivity index (χ0) is 25.3. The molecule has 2 heterocycles. The molecular formula is C23H23FN3O7P. The normalized spacial score (nSPS) is 12.8. The van der Waals surface area contributed by atoms with Crippen LogP contribution in [0.1, 0.15) is 22.8 Å². The summed E-state index contributed by atoms with van der Waals surface area (Å²) in [4.78, 5) is 35.3. The van der Waals surface area contributed by atoms with Gasteiger partial charge < -0.3 is 34.6 Å². The highest BCUT2D eigenvalue weighted by Gasteiger charge is 2.25. The first-order valence-electron chi connectivity index (χ1n) is 10.6. The monoisotopic (exact) mass is 503 g/mol. The molecule has 0 aliphatic heterocycles. The van der Waals surface area contributed by atoms with Crippen molar-refractivity contribution in [2.45, 2.75) is 19.6 Å². The molecule has 0 bridgehead atoms. The molecule has 1 atom stereocenters. The number of hydrogen-bond donors (Lipinski definition) is 5. The largest absolute Gasteiger partial charge is 0.505 e. The number of phenolic OH excluding ortho intramolecular Hbond substituents is 1. The van der Waals surface area contributed by atoms with Gasteiger partial charge in [-0.2, -0.15) is 0 Å². The number of fused-ring (bicyclic) bond motifs is 2. The first kappa shape index (κ1) is 24.6. The van der Waals surface area contributed by atoms with Crippen LogP contribution in [0.5, 0.6) is 11.6 Å². The number of halogens is 1. The number of carbonyl (C=O) groups is 1. The van der Waals surface area contributed by atoms with Gasteiger partial charge in [-0.05, 0) is 30.7 Å². The minimum absolute atomic E-state index is 0.0364. The lowest BCUT2D eigenvalue weighted by Crippen LogP contribution is -2.32. The third-order valence-corrected chi connectivity index (χ3v) is 5.91. The van der Waals surface area contributed by atoms with Crippen molar-refractivity contribution in [1.29, 1.82) is 0 Å². The van der Waals surface area contributed by atoms with Crippen molar-refractivity contribution in [3.05, 3.63) is 65.7 Å². The summed E-state index contributed by atoms with van der Waals surface area (Å²) in [5.74, 6) is -1.54. The van der Waals surface area contributed by atoms with Gasteiger partial charge in [-0.25, -0.2) is 4.39 Å². The topological polar surface area (TPSA) is 154 Å². The molecule has 10 nitrogen and oxygen atoms in total. The van der Waals surface area contributed by atoms with Crippen LogP contribution in [-0.2, 0) is 15.8 Å². The van der Waals surface area contributed by atoms with E-state index in [1.54, 1.807) is 31.2 Å². The molecule has 0 spiro atoms. The average Bonchev–Trinajstić information content (AvgIpc) is 3.13. The molecule has 35 heavy (non-hydrogen) atoms. The average molecular weight is 503 g/mol. The van der Waals surface area contributed by atoms with Crippen molar-refractivity contribution in [3.8, 4) is 11.6 Å². The number of benzene rings is 2. The van der Waals surface area contributed by atoms with E-state index in [-0.39, 0.29) is 46.6 Å². The van der Waals surface area contributed by atoms with Crippen LogP contribution in [0.2, 0.25) is 0 Å². The van der Waals surface area contributed by atoms with E-state index in [1.807, 2.05) is 0 Å². The molecule has 1 amide bonds. The smallest absolute Gasteiger partial charge is 0.350 e. The molecule has 4 rings (SSSR count). The van der Waals surface area contributed by atoms with E-state index in [0.29, 0.717) is 10.9 Å². The van der Waals surface area contributed by atoms with Gasteiger partial charge in [0.2, 0.25) is 5.88 Å². The number of aromatic hydroxyl groups is 2. The van der Waals surface area contributed by atoms with E-state index in [4.69, 9.17) is 14.5 Å². The summed E-state index contributed by atoms with van der Waals surface area (Å²) in [5, 5.41) is 25.1. The first-order valence-corrected chi connectivity index (χ1v) is 12.3. The third kappa shape index (κ3) is 5.28. The number of pyridine rings is 1. The van der Waals surface area contributed by atoms with Crippen LogP contribution in [0.3, 0.4) is 0 Å². The predicted octanol–water partition coefficient (Wildman–Crippen LogP) is 3.06. The summed E-state index contributed by atoms with van der Waals surface area (Å²) in [6.45, 7) is 1.65. The van der Waals surface area contributed by atoms with E-state index in [1.165, 1.54) is 29.1 Å². The molecule has 4 aromatic rings. The van der Waals surface area contributed by atoms with E-state index >= 15 is 0 Å². The summed E-state index contributed by atoms with van der Waals surface area (Å²) in [6, 6.07) is 8.91. The Labute approximate surface area is 198 Å². The summed E-state index contributed by atoms with van der Waals surface area (Å²) >= 11 is 0. The number of nitrogens with zero attached hydrogens (tertiary/aromatic N) is 2. The number of phenols is 1. The summed E-state index contributed by atoms with van der Waals surface area (Å²) in [6.07, 6.45) is 1.49. The number of nitrogens with one attached hydrogen (secondary N) is 1. The van der Waals surface area contributed by atoms with Crippen LogP contribution in [-0.4, -0.2) is 54.5 Å². The highest BCUT2D eigenvalue weighted by molar-refractivity contribution is 7.51. The predicted molar refractivity (Wildman–Crippen MR) is 126 cm³/mol. The summed E-state index contributed by atoms with van der Waals surface area (Å²) < 4.78 is 30.8. The minimum Gasteiger partial charge on any atom is -0.505 e. The number of amides is 1. The van der Waals surface area contributed by atoms with Crippen LogP contribution >= 0.6 is 7.60 Å². The number of ether oxygens (including phenoxy) is 1. The van der Waals surface area contributed by atoms with Crippen LogP contribution < -0.4 is 5.32 Å². The Morgan fingerprint density at radius 1 is 1.20 bits per heavy atom. The molecule has 0 aliphatic carbocycles. The molecule has 2 aromatic heterocycles. The zero-order valence-electron chi connectivity index (χ0n) is 18.6. The van der Waals surface area contributed by atoms with E-state index in [2.05, 4.69) is 10.3 Å². The molecule has 0 aliphatic rings. The van der Waals surface area contributed by atoms with Crippen LogP contribution in [0.15, 0.2) is 48.8 Å². The Balaban J connectivity index is 1.73. The Morgan fingerprint density at radius 2 is 1.91 bits per heavy atom. The molecule has 5 N–H and O–H groups in total. The summed E-state index contributed by atoms with van der Waals surface area (Å²) in [7, 11) is -4.35. The van der Waals surface area contributed by atoms with Crippen molar-refractivity contribution in [2.24, 2.45) is 0 Å². The fourth-order valence-electron chi connectivity index (χ4n) is 3.79. The van der Waals surface area contributed by atoms with Gasteiger partial charge in [0.1, 0.15) is 17.7 Å². The second kappa shape index (κ2) is 9.63. The molecule has 0 saturated heterocycles. The number of aromatic nitrogens is 2. The lowest BCUT2D eigenvalue weighted by atomic mass is 10.0. The van der Waals surface area contributed by atoms with Gasteiger partial charge in [0.15, 0.2) is 5.75 Å². The molecule has 0 fully saturated rings. The van der Waals surface area contributed by atoms with Crippen LogP contribution in [0.4, 0.5) is 4.39 Å². The van der Waals surface area contributed by atoms with Crippen molar-refractivity contribution in [3.63, 3.8) is 0 Å². The second-order valence-electron chi connectivity index (χ2n) is 8.10. The van der Waals surface area contributed by atoms with E-state index in [0.717, 1.165) is 0 Å². The van der Waals surface area contributed by atoms with Gasteiger partial charge in [-0.15, -0.1) is 0 Å². The lowest BCUT2D eigenvalue weighted by Gasteiger charge is -2.15. The fraction of sp³-hybridized carbons (Fsp3) is 0.217. The Morgan fingerprint density at radius 3 is 2.60 bits per heavy atom. The van der Waals surface area contributed by atoms with Gasteiger partial charge >= 0.3 is 7.60 Å². The molecule has 184 valence electrons. The first-order chi connectivity index (χ1) is 16.5. The lowest BCUT2D eigenvalue weighted by molar-refractivity contribution is 0.0776. The highest BCUT2D eigenvalue weighted by atomic mass is 31.2. The highest BCUT2D eigenvalue weighted by Crippen LogP contribution is 2.42. The van der Waals surface area contributed by atoms with Gasteiger partial charge in [0.05, 0.1) is 23.6 Å². The SMILES string of the molecule is C[C@H](CNC(=O)c1c2cccnc2c(O)c2c(O)n(Cc3ccc(F)cc3)cc12)OCP(=O)(O)O. The van der Waals surface area contributed by atoms with Gasteiger partial charge in [0.25, 0.3) is 5.91 Å². The Bertz CT molecular complexity index is 1450. The van der Waals surface area contributed by atoms with Gasteiger partial charge in [0, 0.05) is 29.7 Å². The van der Waals surface area contributed by atoms with Crippen LogP contribution in [0.25, 0.3) is 21.7 Å². The molecule has 12 heteroatoms. The minimum atomic E-state index is -4.35. The maximum absolute atomic E-state index is 13.3. The molecule has 0 saturated carbocycles. The van der Waals surface area contributed by atoms with Gasteiger partial charge in [-0.1, -0.05) is 18.2 Å². The Kier molecular flexibility index (Phi) is 6.77. The second-order valence-corrected chi connectivity index (χ2v) is 9.69. The maximum Gasteiger partial charge on any atom is 0.350 e. The molecule has 2 aromatic carbocycles. The zero-order valence-corrected chi connectivity index (χ0v) is 19.4. The number of rotatable bonds is 8. The van der Waals surface area contributed by atoms with Crippen LogP contribution in [0, 0.1) is 5.82 Å². The summed E-state index contributed by atoms with van der Waals surface area (Å²) in [5.41, 5.74) is 0.952. The third-order valence-electron chi connectivity index (χ3n) is 5.43. The number of hydrogen-bond acceptors (Lipinski definition) is 6. The van der Waals surface area contributed by atoms with E-state index in [9.17, 15) is 24.0 Å². The van der Waals surface area contributed by atoms with Crippen molar-refractivity contribution < 1.29 is 38.5 Å². The molecular weight excluding hydrogens is 480 g/mol. The quantitative estimate of drug-likeness (QED) is 0.230. The standard InChI is InChI=1S/C23H23FN3O7P/c1-13(34-12-35(31,32)33)9-26-22(29)18-16-3-2-8-25-20(16)21(28)19-17(18)11-27(23(19)30)10-14-4-6-15(24)7-5-14/h2-8,11,13,28,30H,9-10,12H2,1H3,(H,26,29)(H2,31,32,33)/t13-/m1/s1. The molecule has 0 radical (unpaired) electrons. The van der Waals surface area contributed by atoms with Crippen molar-refractivity contribution >= 4 is 35.2 Å². The van der Waals surface area contributed by atoms with E-state index < -0.39 is 31.8 Å².